The molecule has 2 rings (SSSR count). The van der Waals surface area contributed by atoms with Gasteiger partial charge in [-0.05, 0) is 24.1 Å². The Labute approximate surface area is 117 Å². The van der Waals surface area contributed by atoms with E-state index in [0.717, 1.165) is 24.1 Å². The van der Waals surface area contributed by atoms with Gasteiger partial charge in [0.1, 0.15) is 5.82 Å². The first-order valence-corrected chi connectivity index (χ1v) is 6.66. The molecule has 102 valence electrons. The van der Waals surface area contributed by atoms with Gasteiger partial charge in [-0.25, -0.2) is 9.37 Å². The normalized spacial score (nSPS) is 12.6. The van der Waals surface area contributed by atoms with E-state index >= 15 is 0 Å². The second-order valence-electron chi connectivity index (χ2n) is 4.65. The number of rotatable bonds is 5. The number of halogens is 2. The fraction of sp³-hybridized carbons (Fsp3) is 0.357. The zero-order chi connectivity index (χ0) is 13.8. The van der Waals surface area contributed by atoms with Crippen LogP contribution >= 0.6 is 11.6 Å². The summed E-state index contributed by atoms with van der Waals surface area (Å²) in [7, 11) is 0. The van der Waals surface area contributed by atoms with Gasteiger partial charge in [0.15, 0.2) is 0 Å². The van der Waals surface area contributed by atoms with Gasteiger partial charge >= 0.3 is 0 Å². The Balaban J connectivity index is 2.07. The minimum Gasteiger partial charge on any atom is -0.333 e. The van der Waals surface area contributed by atoms with Gasteiger partial charge in [-0.15, -0.1) is 0 Å². The van der Waals surface area contributed by atoms with Crippen LogP contribution in [0.3, 0.4) is 0 Å². The first kappa shape index (κ1) is 14.0. The highest BCUT2D eigenvalue weighted by Gasteiger charge is 2.07. The summed E-state index contributed by atoms with van der Waals surface area (Å²) in [5.41, 5.74) is 7.73. The van der Waals surface area contributed by atoms with Crippen LogP contribution in [0.15, 0.2) is 30.7 Å². The van der Waals surface area contributed by atoms with Gasteiger partial charge in [-0.2, -0.15) is 0 Å². The lowest BCUT2D eigenvalue weighted by Gasteiger charge is -2.06. The third-order valence-corrected chi connectivity index (χ3v) is 3.40. The van der Waals surface area contributed by atoms with Gasteiger partial charge in [-0.1, -0.05) is 24.6 Å². The highest BCUT2D eigenvalue weighted by molar-refractivity contribution is 6.31. The monoisotopic (exact) mass is 281 g/mol. The molecule has 0 saturated carbocycles. The maximum absolute atomic E-state index is 13.0. The zero-order valence-electron chi connectivity index (χ0n) is 10.8. The van der Waals surface area contributed by atoms with Crippen molar-refractivity contribution in [1.29, 1.82) is 0 Å². The van der Waals surface area contributed by atoms with E-state index in [9.17, 15) is 4.39 Å². The molecule has 0 saturated heterocycles. The fourth-order valence-corrected chi connectivity index (χ4v) is 2.08. The van der Waals surface area contributed by atoms with E-state index in [1.165, 1.54) is 12.1 Å². The van der Waals surface area contributed by atoms with Crippen LogP contribution in [0.4, 0.5) is 4.39 Å². The quantitative estimate of drug-likeness (QED) is 0.915. The lowest BCUT2D eigenvalue weighted by atomic mass is 10.1. The van der Waals surface area contributed by atoms with E-state index in [0.29, 0.717) is 11.6 Å². The molecule has 1 unspecified atom stereocenters. The SMILES string of the molecule is CCC(N)Cc1cn(Cc2ccc(F)cc2Cl)cn1. The highest BCUT2D eigenvalue weighted by Crippen LogP contribution is 2.18. The minimum absolute atomic E-state index is 0.137. The molecule has 0 aliphatic rings. The predicted molar refractivity (Wildman–Crippen MR) is 74.7 cm³/mol. The number of nitrogens with zero attached hydrogens (tertiary/aromatic N) is 2. The van der Waals surface area contributed by atoms with Crippen molar-refractivity contribution in [2.24, 2.45) is 5.73 Å². The van der Waals surface area contributed by atoms with Crippen LogP contribution in [0, 0.1) is 5.82 Å². The summed E-state index contributed by atoms with van der Waals surface area (Å²) in [6.45, 7) is 2.63. The van der Waals surface area contributed by atoms with Crippen LogP contribution in [0.5, 0.6) is 0 Å². The molecule has 2 aromatic rings. The van der Waals surface area contributed by atoms with Crippen LogP contribution in [0.2, 0.25) is 5.02 Å². The number of imidazole rings is 1. The number of nitrogens with two attached hydrogens (primary N) is 1. The van der Waals surface area contributed by atoms with Crippen molar-refractivity contribution in [3.8, 4) is 0 Å². The number of hydrogen-bond acceptors (Lipinski definition) is 2. The van der Waals surface area contributed by atoms with Crippen molar-refractivity contribution >= 4 is 11.6 Å². The highest BCUT2D eigenvalue weighted by atomic mass is 35.5. The van der Waals surface area contributed by atoms with E-state index in [4.69, 9.17) is 17.3 Å². The Morgan fingerprint density at radius 2 is 2.26 bits per heavy atom. The molecule has 5 heteroatoms. The molecule has 0 radical (unpaired) electrons. The van der Waals surface area contributed by atoms with Crippen molar-refractivity contribution in [2.45, 2.75) is 32.4 Å². The third kappa shape index (κ3) is 3.78. The molecule has 1 aromatic heterocycles. The number of aromatic nitrogens is 2. The van der Waals surface area contributed by atoms with E-state index in [1.807, 2.05) is 10.8 Å². The zero-order valence-corrected chi connectivity index (χ0v) is 11.6. The molecule has 19 heavy (non-hydrogen) atoms. The van der Waals surface area contributed by atoms with Gasteiger partial charge in [0.25, 0.3) is 0 Å². The molecule has 0 spiro atoms. The Hall–Kier alpha value is -1.39. The molecule has 2 N–H and O–H groups in total. The first-order valence-electron chi connectivity index (χ1n) is 6.28. The van der Waals surface area contributed by atoms with Crippen molar-refractivity contribution < 1.29 is 4.39 Å². The van der Waals surface area contributed by atoms with E-state index in [1.54, 1.807) is 12.4 Å². The number of hydrogen-bond donors (Lipinski definition) is 1. The summed E-state index contributed by atoms with van der Waals surface area (Å²) in [5.74, 6) is -0.325. The van der Waals surface area contributed by atoms with Crippen molar-refractivity contribution in [1.82, 2.24) is 9.55 Å². The Morgan fingerprint density at radius 3 is 2.95 bits per heavy atom. The molecule has 0 bridgehead atoms. The van der Waals surface area contributed by atoms with Crippen molar-refractivity contribution in [3.63, 3.8) is 0 Å². The number of benzene rings is 1. The van der Waals surface area contributed by atoms with Crippen molar-refractivity contribution in [3.05, 3.63) is 52.8 Å². The third-order valence-electron chi connectivity index (χ3n) is 3.05. The lowest BCUT2D eigenvalue weighted by molar-refractivity contribution is 0.626. The van der Waals surface area contributed by atoms with E-state index in [2.05, 4.69) is 11.9 Å². The largest absolute Gasteiger partial charge is 0.333 e. The lowest BCUT2D eigenvalue weighted by Crippen LogP contribution is -2.21. The summed E-state index contributed by atoms with van der Waals surface area (Å²) < 4.78 is 14.9. The molecule has 1 aromatic carbocycles. The van der Waals surface area contributed by atoms with Gasteiger partial charge in [0.05, 0.1) is 12.0 Å². The van der Waals surface area contributed by atoms with Crippen LogP contribution in [0.1, 0.15) is 24.6 Å². The predicted octanol–water partition coefficient (Wildman–Crippen LogP) is 3.00. The van der Waals surface area contributed by atoms with Crippen LogP contribution in [0.25, 0.3) is 0 Å². The van der Waals surface area contributed by atoms with Gasteiger partial charge in [0, 0.05) is 30.2 Å². The summed E-state index contributed by atoms with van der Waals surface area (Å²) in [6.07, 6.45) is 5.39. The molecule has 0 aliphatic carbocycles. The molecule has 1 atom stereocenters. The topological polar surface area (TPSA) is 43.8 Å². The molecule has 0 aliphatic heterocycles. The van der Waals surface area contributed by atoms with Crippen LogP contribution in [-0.2, 0) is 13.0 Å². The molecule has 0 fully saturated rings. The standard InChI is InChI=1S/C14H17ClFN3/c1-2-12(17)6-13-8-19(9-18-13)7-10-3-4-11(16)5-14(10)15/h3-5,8-9,12H,2,6-7,17H2,1H3. The summed E-state index contributed by atoms with van der Waals surface area (Å²) in [4.78, 5) is 4.31. The van der Waals surface area contributed by atoms with Crippen LogP contribution in [-0.4, -0.2) is 15.6 Å². The summed E-state index contributed by atoms with van der Waals surface area (Å²) in [5, 5.41) is 0.431. The first-order chi connectivity index (χ1) is 9.08. The minimum atomic E-state index is -0.325. The molecular weight excluding hydrogens is 265 g/mol. The van der Waals surface area contributed by atoms with Gasteiger partial charge in [-0.3, -0.25) is 0 Å². The van der Waals surface area contributed by atoms with Gasteiger partial charge in [0.2, 0.25) is 0 Å². The average Bonchev–Trinajstić information content (AvgIpc) is 2.80. The van der Waals surface area contributed by atoms with E-state index in [-0.39, 0.29) is 11.9 Å². The van der Waals surface area contributed by atoms with Crippen molar-refractivity contribution in [2.75, 3.05) is 0 Å². The smallest absolute Gasteiger partial charge is 0.124 e. The summed E-state index contributed by atoms with van der Waals surface area (Å²) in [6, 6.07) is 4.56. The second kappa shape index (κ2) is 6.17. The fourth-order valence-electron chi connectivity index (χ4n) is 1.86. The molecular formula is C14H17ClFN3. The van der Waals surface area contributed by atoms with Gasteiger partial charge < -0.3 is 10.3 Å². The maximum atomic E-state index is 13.0. The Bertz CT molecular complexity index is 553. The Kier molecular flexibility index (Phi) is 4.56. The Morgan fingerprint density at radius 1 is 1.47 bits per heavy atom. The maximum Gasteiger partial charge on any atom is 0.124 e. The molecule has 1 heterocycles. The molecule has 0 amide bonds. The second-order valence-corrected chi connectivity index (χ2v) is 5.05. The average molecular weight is 282 g/mol. The van der Waals surface area contributed by atoms with Crippen LogP contribution < -0.4 is 5.73 Å². The van der Waals surface area contributed by atoms with E-state index < -0.39 is 0 Å². The molecule has 3 nitrogen and oxygen atoms in total. The summed E-state index contributed by atoms with van der Waals surface area (Å²) >= 11 is 6.00.